The van der Waals surface area contributed by atoms with E-state index >= 15 is 0 Å². The molecule has 1 amide bonds. The molecule has 11 heteroatoms. The van der Waals surface area contributed by atoms with Gasteiger partial charge in [0.25, 0.3) is 5.91 Å². The van der Waals surface area contributed by atoms with Crippen LogP contribution >= 0.6 is 11.8 Å². The van der Waals surface area contributed by atoms with Gasteiger partial charge >= 0.3 is 6.61 Å². The Morgan fingerprint density at radius 2 is 2.05 bits per heavy atom. The lowest BCUT2D eigenvalue weighted by atomic mass is 10.2. The zero-order chi connectivity index (χ0) is 27.5. The first-order valence-corrected chi connectivity index (χ1v) is 13.5. The van der Waals surface area contributed by atoms with Crippen LogP contribution in [0.4, 0.5) is 14.5 Å². The van der Waals surface area contributed by atoms with E-state index < -0.39 is 12.5 Å². The highest BCUT2D eigenvalue weighted by molar-refractivity contribution is 8.14. The number of ether oxygens (including phenoxy) is 2. The van der Waals surface area contributed by atoms with Gasteiger partial charge in [0.2, 0.25) is 0 Å². The molecule has 1 aromatic carbocycles. The second kappa shape index (κ2) is 11.6. The summed E-state index contributed by atoms with van der Waals surface area (Å²) in [6.45, 7) is 2.41. The van der Waals surface area contributed by atoms with Gasteiger partial charge in [-0.3, -0.25) is 14.5 Å². The first-order chi connectivity index (χ1) is 18.8. The number of ketones is 1. The normalized spacial score (nSPS) is 18.4. The van der Waals surface area contributed by atoms with E-state index in [1.54, 1.807) is 12.1 Å². The predicted molar refractivity (Wildman–Crippen MR) is 144 cm³/mol. The number of nitrogens with zero attached hydrogens (tertiary/aromatic N) is 3. The smallest absolute Gasteiger partial charge is 0.387 e. The summed E-state index contributed by atoms with van der Waals surface area (Å²) in [7, 11) is 0. The van der Waals surface area contributed by atoms with Crippen molar-refractivity contribution >= 4 is 40.4 Å². The fraction of sp³-hybridized carbons (Fsp3) is 0.321. The highest BCUT2D eigenvalue weighted by atomic mass is 32.2. The van der Waals surface area contributed by atoms with E-state index in [1.165, 1.54) is 41.5 Å². The van der Waals surface area contributed by atoms with Gasteiger partial charge in [0.1, 0.15) is 17.2 Å². The van der Waals surface area contributed by atoms with Crippen LogP contribution in [0.5, 0.6) is 5.75 Å². The highest BCUT2D eigenvalue weighted by Crippen LogP contribution is 2.32. The van der Waals surface area contributed by atoms with Gasteiger partial charge in [-0.15, -0.1) is 0 Å². The Morgan fingerprint density at radius 3 is 2.72 bits per heavy atom. The number of hydrogen-bond acceptors (Lipinski definition) is 7. The topological polar surface area (TPSA) is 86.3 Å². The molecule has 204 valence electrons. The molecule has 1 atom stereocenters. The molecule has 0 unspecified atom stereocenters. The fourth-order valence-electron chi connectivity index (χ4n) is 4.67. The molecule has 0 spiro atoms. The molecule has 0 N–H and O–H groups in total. The number of carbonyl (C=O) groups excluding carboxylic acids is 2. The first kappa shape index (κ1) is 26.9. The van der Waals surface area contributed by atoms with Crippen LogP contribution in [-0.2, 0) is 16.1 Å². The van der Waals surface area contributed by atoms with Gasteiger partial charge in [-0.25, -0.2) is 4.99 Å². The Balaban J connectivity index is 1.36. The molecular formula is C28H27F2N3O5S. The van der Waals surface area contributed by atoms with Crippen LogP contribution in [-0.4, -0.2) is 46.5 Å². The van der Waals surface area contributed by atoms with Gasteiger partial charge in [-0.2, -0.15) is 8.78 Å². The Bertz CT molecular complexity index is 1410. The van der Waals surface area contributed by atoms with Crippen LogP contribution in [0.3, 0.4) is 0 Å². The molecule has 0 aliphatic carbocycles. The number of benzene rings is 1. The fourth-order valence-corrected chi connectivity index (χ4v) is 5.57. The quantitative estimate of drug-likeness (QED) is 0.244. The summed E-state index contributed by atoms with van der Waals surface area (Å²) >= 11 is 1.13. The Hall–Kier alpha value is -3.70. The molecule has 5 rings (SSSR count). The molecule has 39 heavy (non-hydrogen) atoms. The third-order valence-electron chi connectivity index (χ3n) is 6.59. The lowest BCUT2D eigenvalue weighted by Gasteiger charge is -2.18. The van der Waals surface area contributed by atoms with Crippen LogP contribution in [0.1, 0.15) is 40.3 Å². The molecule has 0 radical (unpaired) electrons. The Labute approximate surface area is 228 Å². The molecule has 1 saturated heterocycles. The number of aryl methyl sites for hydroxylation is 1. The largest absolute Gasteiger partial charge is 0.465 e. The van der Waals surface area contributed by atoms with Crippen LogP contribution in [0.15, 0.2) is 63.8 Å². The average Bonchev–Trinajstić information content (AvgIpc) is 3.71. The van der Waals surface area contributed by atoms with E-state index in [-0.39, 0.29) is 29.1 Å². The predicted octanol–water partition coefficient (Wildman–Crippen LogP) is 5.84. The van der Waals surface area contributed by atoms with Gasteiger partial charge in [0.05, 0.1) is 23.8 Å². The Kier molecular flexibility index (Phi) is 7.99. The van der Waals surface area contributed by atoms with E-state index in [9.17, 15) is 18.4 Å². The number of aromatic nitrogens is 1. The van der Waals surface area contributed by atoms with Gasteiger partial charge in [-0.1, -0.05) is 11.8 Å². The maximum Gasteiger partial charge on any atom is 0.387 e. The van der Waals surface area contributed by atoms with Crippen LogP contribution in [0.25, 0.3) is 6.08 Å². The summed E-state index contributed by atoms with van der Waals surface area (Å²) in [4.78, 5) is 32.4. The molecule has 2 aliphatic heterocycles. The molecule has 4 heterocycles. The number of alkyl halides is 2. The third kappa shape index (κ3) is 5.99. The van der Waals surface area contributed by atoms with Gasteiger partial charge < -0.3 is 18.5 Å². The SMILES string of the molecule is Cc1cc(C(=O)CSC2=N/C(=C/c3ccco3)C(=O)N2c2ccc(OC(F)F)cc2)c(C)n1C[C@H]1CCCO1. The van der Waals surface area contributed by atoms with Gasteiger partial charge in [-0.05, 0) is 69.2 Å². The summed E-state index contributed by atoms with van der Waals surface area (Å²) in [5.41, 5.74) is 3.01. The lowest BCUT2D eigenvalue weighted by Crippen LogP contribution is -2.30. The van der Waals surface area contributed by atoms with Gasteiger partial charge in [0, 0.05) is 36.2 Å². The zero-order valence-electron chi connectivity index (χ0n) is 21.4. The summed E-state index contributed by atoms with van der Waals surface area (Å²) in [6.07, 6.45) is 5.19. The maximum absolute atomic E-state index is 13.3. The number of amidine groups is 1. The lowest BCUT2D eigenvalue weighted by molar-refractivity contribution is -0.113. The number of carbonyl (C=O) groups is 2. The molecule has 1 fully saturated rings. The number of aliphatic imine (C=N–C) groups is 1. The minimum absolute atomic E-state index is 0.0357. The molecular weight excluding hydrogens is 528 g/mol. The van der Waals surface area contributed by atoms with Crippen molar-refractivity contribution in [3.63, 3.8) is 0 Å². The number of Topliss-reactive ketones (excluding diaryl/α,β-unsaturated/α-hetero) is 1. The number of anilines is 1. The van der Waals surface area contributed by atoms with Crippen molar-refractivity contribution in [3.05, 3.63) is 77.1 Å². The molecule has 3 aromatic rings. The van der Waals surface area contributed by atoms with Crippen molar-refractivity contribution in [3.8, 4) is 5.75 Å². The van der Waals surface area contributed by atoms with Crippen molar-refractivity contribution in [2.75, 3.05) is 17.3 Å². The van der Waals surface area contributed by atoms with E-state index in [0.29, 0.717) is 28.7 Å². The number of halogens is 2. The summed E-state index contributed by atoms with van der Waals surface area (Å²) in [5, 5.41) is 0.293. The average molecular weight is 556 g/mol. The number of hydrogen-bond donors (Lipinski definition) is 0. The monoisotopic (exact) mass is 555 g/mol. The maximum atomic E-state index is 13.3. The second-order valence-electron chi connectivity index (χ2n) is 9.19. The van der Waals surface area contributed by atoms with Crippen molar-refractivity contribution < 1.29 is 32.3 Å². The molecule has 2 aromatic heterocycles. The standard InChI is InChI=1S/C28H27F2N3O5S/c1-17-13-23(18(2)32(17)15-22-6-4-12-37-22)25(34)16-39-28-31-24(14-21-5-3-11-36-21)26(35)33(28)19-7-9-20(10-8-19)38-27(29)30/h3,5,7-11,13-14,22,27H,4,6,12,15-16H2,1-2H3/b24-14+/t22-/m1/s1. The van der Waals surface area contributed by atoms with E-state index in [0.717, 1.165) is 42.6 Å². The van der Waals surface area contributed by atoms with Gasteiger partial charge in [0.15, 0.2) is 11.0 Å². The molecule has 8 nitrogen and oxygen atoms in total. The Morgan fingerprint density at radius 1 is 1.26 bits per heavy atom. The molecule has 2 aliphatic rings. The minimum Gasteiger partial charge on any atom is -0.465 e. The van der Waals surface area contributed by atoms with Crippen LogP contribution < -0.4 is 9.64 Å². The van der Waals surface area contributed by atoms with Crippen molar-refractivity contribution in [1.82, 2.24) is 4.57 Å². The highest BCUT2D eigenvalue weighted by Gasteiger charge is 2.33. The third-order valence-corrected chi connectivity index (χ3v) is 7.53. The molecule has 0 bridgehead atoms. The van der Waals surface area contributed by atoms with Crippen molar-refractivity contribution in [1.29, 1.82) is 0 Å². The van der Waals surface area contributed by atoms with Crippen molar-refractivity contribution in [2.45, 2.75) is 45.9 Å². The minimum atomic E-state index is -2.96. The first-order valence-electron chi connectivity index (χ1n) is 12.5. The van der Waals surface area contributed by atoms with E-state index in [2.05, 4.69) is 14.3 Å². The summed E-state index contributed by atoms with van der Waals surface area (Å²) in [5.74, 6) is -0.0623. The van der Waals surface area contributed by atoms with Crippen LogP contribution in [0.2, 0.25) is 0 Å². The van der Waals surface area contributed by atoms with Crippen LogP contribution in [0, 0.1) is 13.8 Å². The number of amides is 1. The number of rotatable bonds is 9. The zero-order valence-corrected chi connectivity index (χ0v) is 22.2. The molecule has 0 saturated carbocycles. The van der Waals surface area contributed by atoms with E-state index in [1.807, 2.05) is 19.9 Å². The van der Waals surface area contributed by atoms with Crippen molar-refractivity contribution in [2.24, 2.45) is 4.99 Å². The summed E-state index contributed by atoms with van der Waals surface area (Å²) < 4.78 is 42.8. The number of thioether (sulfide) groups is 1. The van der Waals surface area contributed by atoms with E-state index in [4.69, 9.17) is 9.15 Å². The number of furan rings is 1. The summed E-state index contributed by atoms with van der Waals surface area (Å²) in [6, 6.07) is 10.9. The second-order valence-corrected chi connectivity index (χ2v) is 10.1.